The zero-order valence-corrected chi connectivity index (χ0v) is 10.2. The molecule has 2 N–H and O–H groups in total. The lowest BCUT2D eigenvalue weighted by atomic mass is 10.0. The van der Waals surface area contributed by atoms with Gasteiger partial charge in [0.1, 0.15) is 6.04 Å². The smallest absolute Gasteiger partial charge is 0.326 e. The van der Waals surface area contributed by atoms with E-state index in [1.165, 1.54) is 31.8 Å². The Labute approximate surface area is 102 Å². The maximum Gasteiger partial charge on any atom is 0.326 e. The first kappa shape index (κ1) is 13.7. The maximum atomic E-state index is 11.6. The van der Waals surface area contributed by atoms with E-state index in [9.17, 15) is 9.59 Å². The molecule has 0 spiro atoms. The van der Waals surface area contributed by atoms with Gasteiger partial charge in [0.05, 0.1) is 0 Å². The first-order chi connectivity index (χ1) is 8.13. The molecule has 0 heterocycles. The van der Waals surface area contributed by atoms with E-state index in [2.05, 4.69) is 11.9 Å². The van der Waals surface area contributed by atoms with Crippen LogP contribution in [0.2, 0.25) is 0 Å². The molecule has 1 saturated carbocycles. The fraction of sp³-hybridized carbons (Fsp3) is 0.692. The number of carbonyl (C=O) groups excluding carboxylic acids is 1. The van der Waals surface area contributed by atoms with Crippen molar-refractivity contribution in [1.29, 1.82) is 0 Å². The Morgan fingerprint density at radius 3 is 2.59 bits per heavy atom. The molecule has 96 valence electrons. The quantitative estimate of drug-likeness (QED) is 0.669. The minimum atomic E-state index is -1.00. The van der Waals surface area contributed by atoms with Gasteiger partial charge in [0.25, 0.3) is 0 Å². The minimum absolute atomic E-state index is 0.161. The lowest BCUT2D eigenvalue weighted by molar-refractivity contribution is -0.141. The first-order valence-electron chi connectivity index (χ1n) is 6.26. The molecular formula is C13H21NO3. The van der Waals surface area contributed by atoms with Gasteiger partial charge in [0.15, 0.2) is 0 Å². The Kier molecular flexibility index (Phi) is 5.73. The highest BCUT2D eigenvalue weighted by Crippen LogP contribution is 2.28. The van der Waals surface area contributed by atoms with Gasteiger partial charge in [0.2, 0.25) is 5.91 Å². The molecule has 1 fully saturated rings. The van der Waals surface area contributed by atoms with Crippen LogP contribution in [0.25, 0.3) is 0 Å². The molecule has 0 aromatic heterocycles. The van der Waals surface area contributed by atoms with Gasteiger partial charge in [-0.1, -0.05) is 31.8 Å². The van der Waals surface area contributed by atoms with Crippen LogP contribution >= 0.6 is 0 Å². The standard InChI is InChI=1S/C13H21NO3/c1-2-5-11(13(16)17)14-12(15)9-8-10-6-3-4-7-10/h2,10-11H,1,3-9H2,(H,14,15)(H,16,17). The van der Waals surface area contributed by atoms with E-state index in [-0.39, 0.29) is 12.3 Å². The Hall–Kier alpha value is -1.32. The largest absolute Gasteiger partial charge is 0.480 e. The summed E-state index contributed by atoms with van der Waals surface area (Å²) in [6.07, 6.45) is 8.05. The normalized spacial score (nSPS) is 17.6. The van der Waals surface area contributed by atoms with Crippen LogP contribution < -0.4 is 5.32 Å². The summed E-state index contributed by atoms with van der Waals surface area (Å²) in [5.74, 6) is -0.506. The van der Waals surface area contributed by atoms with Crippen molar-refractivity contribution in [2.24, 2.45) is 5.92 Å². The van der Waals surface area contributed by atoms with Gasteiger partial charge in [-0.25, -0.2) is 4.79 Å². The minimum Gasteiger partial charge on any atom is -0.480 e. The van der Waals surface area contributed by atoms with Crippen LogP contribution in [0.4, 0.5) is 0 Å². The van der Waals surface area contributed by atoms with Crippen molar-refractivity contribution in [3.05, 3.63) is 12.7 Å². The predicted octanol–water partition coefficient (Wildman–Crippen LogP) is 2.10. The van der Waals surface area contributed by atoms with Gasteiger partial charge in [0, 0.05) is 6.42 Å². The number of nitrogens with one attached hydrogen (secondary N) is 1. The molecule has 0 aliphatic heterocycles. The van der Waals surface area contributed by atoms with Crippen molar-refractivity contribution in [1.82, 2.24) is 5.32 Å². The Morgan fingerprint density at radius 1 is 1.41 bits per heavy atom. The summed E-state index contributed by atoms with van der Waals surface area (Å²) < 4.78 is 0. The van der Waals surface area contributed by atoms with Gasteiger partial charge < -0.3 is 10.4 Å². The van der Waals surface area contributed by atoms with Crippen LogP contribution in [-0.4, -0.2) is 23.0 Å². The summed E-state index contributed by atoms with van der Waals surface area (Å²) in [5, 5.41) is 11.4. The highest BCUT2D eigenvalue weighted by molar-refractivity contribution is 5.83. The summed E-state index contributed by atoms with van der Waals surface area (Å²) in [6, 6.07) is -0.830. The number of aliphatic carboxylic acids is 1. The van der Waals surface area contributed by atoms with E-state index in [0.29, 0.717) is 12.3 Å². The third kappa shape index (κ3) is 5.02. The van der Waals surface area contributed by atoms with Crippen molar-refractivity contribution in [3.8, 4) is 0 Å². The van der Waals surface area contributed by atoms with Gasteiger partial charge in [-0.3, -0.25) is 4.79 Å². The van der Waals surface area contributed by atoms with E-state index >= 15 is 0 Å². The van der Waals surface area contributed by atoms with Crippen molar-refractivity contribution in [3.63, 3.8) is 0 Å². The van der Waals surface area contributed by atoms with Gasteiger partial charge >= 0.3 is 5.97 Å². The summed E-state index contributed by atoms with van der Waals surface area (Å²) in [7, 11) is 0. The van der Waals surface area contributed by atoms with E-state index < -0.39 is 12.0 Å². The van der Waals surface area contributed by atoms with E-state index in [1.54, 1.807) is 0 Å². The van der Waals surface area contributed by atoms with E-state index in [4.69, 9.17) is 5.11 Å². The molecule has 0 saturated heterocycles. The first-order valence-corrected chi connectivity index (χ1v) is 6.26. The lowest BCUT2D eigenvalue weighted by Crippen LogP contribution is -2.40. The zero-order valence-electron chi connectivity index (χ0n) is 10.2. The molecule has 1 aliphatic carbocycles. The fourth-order valence-corrected chi connectivity index (χ4v) is 2.29. The highest BCUT2D eigenvalue weighted by Gasteiger charge is 2.20. The molecule has 17 heavy (non-hydrogen) atoms. The van der Waals surface area contributed by atoms with Crippen LogP contribution in [0.15, 0.2) is 12.7 Å². The number of amides is 1. The predicted molar refractivity (Wildman–Crippen MR) is 65.6 cm³/mol. The molecule has 4 heteroatoms. The topological polar surface area (TPSA) is 66.4 Å². The van der Waals surface area contributed by atoms with Crippen molar-refractivity contribution >= 4 is 11.9 Å². The number of hydrogen-bond donors (Lipinski definition) is 2. The summed E-state index contributed by atoms with van der Waals surface area (Å²) in [5.41, 5.74) is 0. The number of rotatable bonds is 7. The van der Waals surface area contributed by atoms with Gasteiger partial charge in [-0.15, -0.1) is 6.58 Å². The molecular weight excluding hydrogens is 218 g/mol. The third-order valence-corrected chi connectivity index (χ3v) is 3.29. The number of carboxylic acids is 1. The summed E-state index contributed by atoms with van der Waals surface area (Å²) in [4.78, 5) is 22.4. The molecule has 0 aromatic carbocycles. The zero-order chi connectivity index (χ0) is 12.7. The Balaban J connectivity index is 2.26. The second-order valence-electron chi connectivity index (χ2n) is 4.67. The van der Waals surface area contributed by atoms with Crippen LogP contribution in [0.1, 0.15) is 44.9 Å². The number of carboxylic acid groups (broad SMARTS) is 1. The summed E-state index contributed by atoms with van der Waals surface area (Å²) in [6.45, 7) is 3.48. The fourth-order valence-electron chi connectivity index (χ4n) is 2.29. The third-order valence-electron chi connectivity index (χ3n) is 3.29. The van der Waals surface area contributed by atoms with E-state index in [0.717, 1.165) is 6.42 Å². The average molecular weight is 239 g/mol. The second-order valence-corrected chi connectivity index (χ2v) is 4.67. The van der Waals surface area contributed by atoms with Crippen molar-refractivity contribution in [2.45, 2.75) is 51.0 Å². The van der Waals surface area contributed by atoms with Crippen LogP contribution in [0, 0.1) is 5.92 Å². The van der Waals surface area contributed by atoms with Crippen molar-refractivity contribution < 1.29 is 14.7 Å². The van der Waals surface area contributed by atoms with Crippen molar-refractivity contribution in [2.75, 3.05) is 0 Å². The molecule has 0 bridgehead atoms. The monoisotopic (exact) mass is 239 g/mol. The van der Waals surface area contributed by atoms with Gasteiger partial charge in [-0.2, -0.15) is 0 Å². The lowest BCUT2D eigenvalue weighted by Gasteiger charge is -2.13. The summed E-state index contributed by atoms with van der Waals surface area (Å²) >= 11 is 0. The number of carbonyl (C=O) groups is 2. The Morgan fingerprint density at radius 2 is 2.06 bits per heavy atom. The SMILES string of the molecule is C=CCC(NC(=O)CCC1CCCC1)C(=O)O. The molecule has 1 amide bonds. The Bertz CT molecular complexity index is 282. The van der Waals surface area contributed by atoms with Crippen LogP contribution in [0.5, 0.6) is 0 Å². The van der Waals surface area contributed by atoms with Crippen LogP contribution in [-0.2, 0) is 9.59 Å². The molecule has 0 radical (unpaired) electrons. The highest BCUT2D eigenvalue weighted by atomic mass is 16.4. The van der Waals surface area contributed by atoms with E-state index in [1.807, 2.05) is 0 Å². The molecule has 1 unspecified atom stereocenters. The van der Waals surface area contributed by atoms with Gasteiger partial charge in [-0.05, 0) is 18.8 Å². The number of hydrogen-bond acceptors (Lipinski definition) is 2. The molecule has 4 nitrogen and oxygen atoms in total. The molecule has 1 atom stereocenters. The molecule has 1 rings (SSSR count). The molecule has 0 aromatic rings. The second kappa shape index (κ2) is 7.09. The van der Waals surface area contributed by atoms with Crippen LogP contribution in [0.3, 0.4) is 0 Å². The molecule has 1 aliphatic rings. The maximum absolute atomic E-state index is 11.6. The average Bonchev–Trinajstić information content (AvgIpc) is 2.78.